The maximum absolute atomic E-state index is 4.35. The zero-order chi connectivity index (χ0) is 10.7. The molecule has 1 aromatic heterocycles. The van der Waals surface area contributed by atoms with Crippen molar-refractivity contribution >= 4 is 0 Å². The van der Waals surface area contributed by atoms with Crippen LogP contribution in [0.3, 0.4) is 0 Å². The summed E-state index contributed by atoms with van der Waals surface area (Å²) in [5.41, 5.74) is 0. The molecule has 1 heterocycles. The van der Waals surface area contributed by atoms with Gasteiger partial charge in [-0.3, -0.25) is 0 Å². The average Bonchev–Trinajstić information content (AvgIpc) is 2.68. The summed E-state index contributed by atoms with van der Waals surface area (Å²) in [6.07, 6.45) is 6.82. The predicted octanol–water partition coefficient (Wildman–Crippen LogP) is 1.75. The van der Waals surface area contributed by atoms with Crippen LogP contribution in [-0.4, -0.2) is 21.8 Å². The number of nitrogens with zero attached hydrogens (tertiary/aromatic N) is 3. The third kappa shape index (κ3) is 2.37. The zero-order valence-corrected chi connectivity index (χ0v) is 9.61. The van der Waals surface area contributed by atoms with Gasteiger partial charge in [-0.2, -0.15) is 5.10 Å². The lowest BCUT2D eigenvalue weighted by Crippen LogP contribution is -2.21. The molecule has 1 N–H and O–H groups in total. The van der Waals surface area contributed by atoms with Crippen LogP contribution in [-0.2, 0) is 6.54 Å². The van der Waals surface area contributed by atoms with Crippen LogP contribution in [0.1, 0.15) is 44.5 Å². The third-order valence-corrected chi connectivity index (χ3v) is 3.31. The minimum Gasteiger partial charge on any atom is -0.313 e. The molecular weight excluding hydrogens is 188 g/mol. The van der Waals surface area contributed by atoms with Crippen LogP contribution in [0.2, 0.25) is 0 Å². The summed E-state index contributed by atoms with van der Waals surface area (Å²) in [7, 11) is 1.95. The Kier molecular flexibility index (Phi) is 3.36. The van der Waals surface area contributed by atoms with Gasteiger partial charge in [0.25, 0.3) is 0 Å². The van der Waals surface area contributed by atoms with Gasteiger partial charge in [0, 0.05) is 0 Å². The van der Waals surface area contributed by atoms with Crippen molar-refractivity contribution < 1.29 is 0 Å². The van der Waals surface area contributed by atoms with Gasteiger partial charge in [-0.1, -0.05) is 6.92 Å². The van der Waals surface area contributed by atoms with Gasteiger partial charge >= 0.3 is 0 Å². The minimum atomic E-state index is 0.576. The normalized spacial score (nSPS) is 26.8. The Bertz CT molecular complexity index is 299. The van der Waals surface area contributed by atoms with Crippen molar-refractivity contribution in [2.24, 2.45) is 5.92 Å². The van der Waals surface area contributed by atoms with Crippen molar-refractivity contribution in [1.29, 1.82) is 0 Å². The highest BCUT2D eigenvalue weighted by Crippen LogP contribution is 2.31. The maximum atomic E-state index is 4.35. The SMILES string of the molecule is CNCc1ncnn1C1CCC(C)CC1. The van der Waals surface area contributed by atoms with E-state index in [9.17, 15) is 0 Å². The van der Waals surface area contributed by atoms with Gasteiger partial charge in [0.1, 0.15) is 12.2 Å². The molecule has 0 radical (unpaired) electrons. The van der Waals surface area contributed by atoms with E-state index < -0.39 is 0 Å². The van der Waals surface area contributed by atoms with E-state index in [0.29, 0.717) is 6.04 Å². The fraction of sp³-hybridized carbons (Fsp3) is 0.818. The quantitative estimate of drug-likeness (QED) is 0.823. The van der Waals surface area contributed by atoms with Gasteiger partial charge < -0.3 is 5.32 Å². The highest BCUT2D eigenvalue weighted by molar-refractivity contribution is 4.88. The van der Waals surface area contributed by atoms with E-state index in [2.05, 4.69) is 27.0 Å². The summed E-state index contributed by atoms with van der Waals surface area (Å²) in [6.45, 7) is 3.15. The lowest BCUT2D eigenvalue weighted by atomic mass is 9.87. The molecule has 0 saturated heterocycles. The molecule has 1 aliphatic rings. The minimum absolute atomic E-state index is 0.576. The maximum Gasteiger partial charge on any atom is 0.141 e. The number of aromatic nitrogens is 3. The summed E-state index contributed by atoms with van der Waals surface area (Å²) in [6, 6.07) is 0.576. The first-order valence-corrected chi connectivity index (χ1v) is 5.84. The Balaban J connectivity index is 2.05. The molecule has 2 rings (SSSR count). The van der Waals surface area contributed by atoms with Gasteiger partial charge in [0.15, 0.2) is 0 Å². The fourth-order valence-corrected chi connectivity index (χ4v) is 2.35. The van der Waals surface area contributed by atoms with E-state index in [1.807, 2.05) is 7.05 Å². The lowest BCUT2D eigenvalue weighted by molar-refractivity contribution is 0.267. The van der Waals surface area contributed by atoms with Gasteiger partial charge in [-0.15, -0.1) is 0 Å². The highest BCUT2D eigenvalue weighted by Gasteiger charge is 2.21. The smallest absolute Gasteiger partial charge is 0.141 e. The van der Waals surface area contributed by atoms with E-state index in [-0.39, 0.29) is 0 Å². The zero-order valence-electron chi connectivity index (χ0n) is 9.61. The number of nitrogens with one attached hydrogen (secondary N) is 1. The van der Waals surface area contributed by atoms with E-state index in [0.717, 1.165) is 18.3 Å². The Morgan fingerprint density at radius 1 is 1.40 bits per heavy atom. The van der Waals surface area contributed by atoms with Gasteiger partial charge in [0.2, 0.25) is 0 Å². The van der Waals surface area contributed by atoms with Crippen LogP contribution in [0.4, 0.5) is 0 Å². The van der Waals surface area contributed by atoms with Crippen molar-refractivity contribution in [3.05, 3.63) is 12.2 Å². The van der Waals surface area contributed by atoms with E-state index in [4.69, 9.17) is 0 Å². The molecule has 1 fully saturated rings. The fourth-order valence-electron chi connectivity index (χ4n) is 2.35. The number of rotatable bonds is 3. The Hall–Kier alpha value is -0.900. The van der Waals surface area contributed by atoms with E-state index >= 15 is 0 Å². The molecule has 0 bridgehead atoms. The van der Waals surface area contributed by atoms with Crippen LogP contribution >= 0.6 is 0 Å². The molecule has 0 aromatic carbocycles. The molecule has 0 amide bonds. The van der Waals surface area contributed by atoms with Crippen LogP contribution < -0.4 is 5.32 Å². The van der Waals surface area contributed by atoms with Crippen molar-refractivity contribution in [2.75, 3.05) is 7.05 Å². The summed E-state index contributed by atoms with van der Waals surface area (Å²) in [5, 5.41) is 7.48. The highest BCUT2D eigenvalue weighted by atomic mass is 15.4. The summed E-state index contributed by atoms with van der Waals surface area (Å²) < 4.78 is 2.11. The molecule has 0 atom stereocenters. The molecule has 4 heteroatoms. The third-order valence-electron chi connectivity index (χ3n) is 3.31. The van der Waals surface area contributed by atoms with Crippen LogP contribution in [0.15, 0.2) is 6.33 Å². The summed E-state index contributed by atoms with van der Waals surface area (Å²) in [5.74, 6) is 1.95. The second kappa shape index (κ2) is 4.75. The second-order valence-electron chi connectivity index (χ2n) is 4.56. The van der Waals surface area contributed by atoms with Gasteiger partial charge in [0.05, 0.1) is 12.6 Å². The summed E-state index contributed by atoms with van der Waals surface area (Å²) >= 11 is 0. The van der Waals surface area contributed by atoms with Crippen molar-refractivity contribution in [3.8, 4) is 0 Å². The van der Waals surface area contributed by atoms with E-state index in [1.165, 1.54) is 25.7 Å². The predicted molar refractivity (Wildman–Crippen MR) is 59.5 cm³/mol. The topological polar surface area (TPSA) is 42.7 Å². The molecule has 15 heavy (non-hydrogen) atoms. The molecule has 84 valence electrons. The average molecular weight is 208 g/mol. The monoisotopic (exact) mass is 208 g/mol. The van der Waals surface area contributed by atoms with Crippen LogP contribution in [0.25, 0.3) is 0 Å². The van der Waals surface area contributed by atoms with Crippen molar-refractivity contribution in [1.82, 2.24) is 20.1 Å². The first kappa shape index (κ1) is 10.6. The lowest BCUT2D eigenvalue weighted by Gasteiger charge is -2.27. The molecule has 0 spiro atoms. The van der Waals surface area contributed by atoms with Crippen LogP contribution in [0, 0.1) is 5.92 Å². The molecule has 0 aliphatic heterocycles. The molecule has 4 nitrogen and oxygen atoms in total. The van der Waals surface area contributed by atoms with Crippen LogP contribution in [0.5, 0.6) is 0 Å². The second-order valence-corrected chi connectivity index (χ2v) is 4.56. The molecular formula is C11H20N4. The Labute approximate surface area is 91.1 Å². The number of hydrogen-bond acceptors (Lipinski definition) is 3. The molecule has 1 aromatic rings. The Morgan fingerprint density at radius 2 is 2.13 bits per heavy atom. The first-order valence-electron chi connectivity index (χ1n) is 5.84. The van der Waals surface area contributed by atoms with Gasteiger partial charge in [-0.25, -0.2) is 9.67 Å². The largest absolute Gasteiger partial charge is 0.313 e. The van der Waals surface area contributed by atoms with Crippen molar-refractivity contribution in [2.45, 2.75) is 45.2 Å². The van der Waals surface area contributed by atoms with E-state index in [1.54, 1.807) is 6.33 Å². The summed E-state index contributed by atoms with van der Waals surface area (Å²) in [4.78, 5) is 4.29. The van der Waals surface area contributed by atoms with Gasteiger partial charge in [-0.05, 0) is 38.6 Å². The molecule has 1 aliphatic carbocycles. The standard InChI is InChI=1S/C11H20N4/c1-9-3-5-10(6-4-9)15-11(7-12-2)13-8-14-15/h8-10,12H,3-7H2,1-2H3. The molecule has 1 saturated carbocycles. The Morgan fingerprint density at radius 3 is 2.80 bits per heavy atom. The van der Waals surface area contributed by atoms with Crippen molar-refractivity contribution in [3.63, 3.8) is 0 Å². The number of hydrogen-bond donors (Lipinski definition) is 1. The molecule has 0 unspecified atom stereocenters. The first-order chi connectivity index (χ1) is 7.31.